The zero-order chi connectivity index (χ0) is 16.9. The van der Waals surface area contributed by atoms with Gasteiger partial charge in [-0.1, -0.05) is 37.3 Å². The molecule has 0 aromatic heterocycles. The topological polar surface area (TPSA) is 39.7 Å². The first-order chi connectivity index (χ1) is 11.9. The van der Waals surface area contributed by atoms with Gasteiger partial charge in [-0.15, -0.1) is 12.4 Å². The van der Waals surface area contributed by atoms with Crippen molar-refractivity contribution in [2.45, 2.75) is 19.8 Å². The normalized spacial score (nSPS) is 9.96. The first kappa shape index (κ1) is 21.1. The monoisotopic (exact) mass is 365 g/mol. The molecule has 2 aromatic rings. The van der Waals surface area contributed by atoms with Gasteiger partial charge in [0.1, 0.15) is 12.4 Å². The van der Waals surface area contributed by atoms with E-state index < -0.39 is 0 Å². The molecule has 0 bridgehead atoms. The van der Waals surface area contributed by atoms with Crippen LogP contribution in [0.25, 0.3) is 0 Å². The largest absolute Gasteiger partial charge is 0.494 e. The maximum Gasteiger partial charge on any atom is 0.161 e. The molecule has 5 heteroatoms. The van der Waals surface area contributed by atoms with E-state index in [9.17, 15) is 0 Å². The van der Waals surface area contributed by atoms with Gasteiger partial charge < -0.3 is 19.5 Å². The molecule has 0 aliphatic rings. The van der Waals surface area contributed by atoms with E-state index in [1.807, 2.05) is 54.6 Å². The number of benzene rings is 2. The SMILES string of the molecule is CCCOc1ccccc1OCCNCCCOc1ccccc1.Cl. The molecule has 0 radical (unpaired) electrons. The lowest BCUT2D eigenvalue weighted by Gasteiger charge is -2.12. The van der Waals surface area contributed by atoms with Crippen molar-refractivity contribution in [1.82, 2.24) is 5.32 Å². The molecule has 0 amide bonds. The second kappa shape index (κ2) is 13.4. The summed E-state index contributed by atoms with van der Waals surface area (Å²) in [5, 5.41) is 3.36. The number of hydrogen-bond donors (Lipinski definition) is 1. The fourth-order valence-corrected chi connectivity index (χ4v) is 2.16. The molecular weight excluding hydrogens is 338 g/mol. The minimum absolute atomic E-state index is 0. The van der Waals surface area contributed by atoms with Crippen LogP contribution in [0.1, 0.15) is 19.8 Å². The van der Waals surface area contributed by atoms with Gasteiger partial charge in [-0.2, -0.15) is 0 Å². The summed E-state index contributed by atoms with van der Waals surface area (Å²) in [6.45, 7) is 5.84. The van der Waals surface area contributed by atoms with E-state index in [-0.39, 0.29) is 12.4 Å². The highest BCUT2D eigenvalue weighted by Crippen LogP contribution is 2.26. The van der Waals surface area contributed by atoms with Crippen molar-refractivity contribution in [3.05, 3.63) is 54.6 Å². The van der Waals surface area contributed by atoms with Crippen LogP contribution in [0.3, 0.4) is 0 Å². The molecule has 0 heterocycles. The fourth-order valence-electron chi connectivity index (χ4n) is 2.16. The summed E-state index contributed by atoms with van der Waals surface area (Å²) in [6, 6.07) is 17.7. The third-order valence-electron chi connectivity index (χ3n) is 3.36. The minimum Gasteiger partial charge on any atom is -0.494 e. The van der Waals surface area contributed by atoms with Crippen molar-refractivity contribution in [1.29, 1.82) is 0 Å². The highest BCUT2D eigenvalue weighted by atomic mass is 35.5. The summed E-state index contributed by atoms with van der Waals surface area (Å²) >= 11 is 0. The molecule has 0 fully saturated rings. The van der Waals surface area contributed by atoms with E-state index in [1.165, 1.54) is 0 Å². The molecule has 2 rings (SSSR count). The molecule has 0 saturated carbocycles. The van der Waals surface area contributed by atoms with Crippen molar-refractivity contribution in [2.75, 3.05) is 32.9 Å². The Labute approximate surface area is 156 Å². The minimum atomic E-state index is 0. The average molecular weight is 366 g/mol. The number of para-hydroxylation sites is 3. The van der Waals surface area contributed by atoms with E-state index in [0.29, 0.717) is 19.8 Å². The average Bonchev–Trinajstić information content (AvgIpc) is 2.64. The predicted octanol–water partition coefficient (Wildman–Crippen LogP) is 4.33. The van der Waals surface area contributed by atoms with E-state index in [2.05, 4.69) is 12.2 Å². The number of ether oxygens (including phenoxy) is 3. The summed E-state index contributed by atoms with van der Waals surface area (Å²) in [5.41, 5.74) is 0. The molecule has 0 aliphatic heterocycles. The third-order valence-corrected chi connectivity index (χ3v) is 3.36. The van der Waals surface area contributed by atoms with Crippen molar-refractivity contribution >= 4 is 12.4 Å². The first-order valence-electron chi connectivity index (χ1n) is 8.63. The summed E-state index contributed by atoms with van der Waals surface area (Å²) in [5.74, 6) is 2.54. The van der Waals surface area contributed by atoms with E-state index in [0.717, 1.165) is 43.2 Å². The van der Waals surface area contributed by atoms with Gasteiger partial charge in [-0.05, 0) is 43.7 Å². The van der Waals surface area contributed by atoms with Crippen LogP contribution in [0.2, 0.25) is 0 Å². The molecule has 2 aromatic carbocycles. The van der Waals surface area contributed by atoms with Crippen LogP contribution < -0.4 is 19.5 Å². The van der Waals surface area contributed by atoms with Gasteiger partial charge >= 0.3 is 0 Å². The highest BCUT2D eigenvalue weighted by Gasteiger charge is 2.03. The van der Waals surface area contributed by atoms with Gasteiger partial charge in [0, 0.05) is 6.54 Å². The Morgan fingerprint density at radius 3 is 2.04 bits per heavy atom. The zero-order valence-electron chi connectivity index (χ0n) is 14.8. The Morgan fingerprint density at radius 2 is 1.36 bits per heavy atom. The maximum absolute atomic E-state index is 5.79. The Bertz CT molecular complexity index is 566. The fraction of sp³-hybridized carbons (Fsp3) is 0.400. The van der Waals surface area contributed by atoms with Gasteiger partial charge in [0.05, 0.1) is 13.2 Å². The van der Waals surface area contributed by atoms with Crippen molar-refractivity contribution in [2.24, 2.45) is 0 Å². The van der Waals surface area contributed by atoms with Gasteiger partial charge in [-0.25, -0.2) is 0 Å². The van der Waals surface area contributed by atoms with Gasteiger partial charge in [0.25, 0.3) is 0 Å². The Kier molecular flexibility index (Phi) is 11.3. The number of halogens is 1. The molecule has 1 N–H and O–H groups in total. The Hall–Kier alpha value is -1.91. The highest BCUT2D eigenvalue weighted by molar-refractivity contribution is 5.85. The Balaban J connectivity index is 0.00000312. The number of hydrogen-bond acceptors (Lipinski definition) is 4. The second-order valence-corrected chi connectivity index (χ2v) is 5.41. The zero-order valence-corrected chi connectivity index (χ0v) is 15.6. The molecule has 0 saturated heterocycles. The van der Waals surface area contributed by atoms with Crippen LogP contribution in [0, 0.1) is 0 Å². The van der Waals surface area contributed by atoms with Crippen LogP contribution in [0.5, 0.6) is 17.2 Å². The van der Waals surface area contributed by atoms with Crippen LogP contribution >= 0.6 is 12.4 Å². The lowest BCUT2D eigenvalue weighted by Crippen LogP contribution is -2.23. The van der Waals surface area contributed by atoms with Crippen molar-refractivity contribution in [3.63, 3.8) is 0 Å². The van der Waals surface area contributed by atoms with Crippen LogP contribution in [-0.2, 0) is 0 Å². The number of rotatable bonds is 12. The predicted molar refractivity (Wildman–Crippen MR) is 104 cm³/mol. The van der Waals surface area contributed by atoms with E-state index in [1.54, 1.807) is 0 Å². The van der Waals surface area contributed by atoms with E-state index >= 15 is 0 Å². The lowest BCUT2D eigenvalue weighted by molar-refractivity contribution is 0.265. The molecule has 0 atom stereocenters. The van der Waals surface area contributed by atoms with Gasteiger partial charge in [-0.3, -0.25) is 0 Å². The maximum atomic E-state index is 5.79. The van der Waals surface area contributed by atoms with E-state index in [4.69, 9.17) is 14.2 Å². The molecule has 0 spiro atoms. The smallest absolute Gasteiger partial charge is 0.161 e. The number of nitrogens with one attached hydrogen (secondary N) is 1. The quantitative estimate of drug-likeness (QED) is 0.568. The van der Waals surface area contributed by atoms with Crippen molar-refractivity contribution in [3.8, 4) is 17.2 Å². The van der Waals surface area contributed by atoms with Gasteiger partial charge in [0.2, 0.25) is 0 Å². The lowest BCUT2D eigenvalue weighted by atomic mass is 10.3. The standard InChI is InChI=1S/C20H27NO3.ClH/c1-2-15-23-19-11-6-7-12-20(19)24-17-14-21-13-8-16-22-18-9-4-3-5-10-18;/h3-7,9-12,21H,2,8,13-17H2,1H3;1H. The molecular formula is C20H28ClNO3. The molecule has 4 nitrogen and oxygen atoms in total. The van der Waals surface area contributed by atoms with Crippen molar-refractivity contribution < 1.29 is 14.2 Å². The van der Waals surface area contributed by atoms with Crippen LogP contribution in [0.15, 0.2) is 54.6 Å². The van der Waals surface area contributed by atoms with Gasteiger partial charge in [0.15, 0.2) is 11.5 Å². The van der Waals surface area contributed by atoms with Crippen LogP contribution in [-0.4, -0.2) is 32.9 Å². The first-order valence-corrected chi connectivity index (χ1v) is 8.63. The molecule has 0 unspecified atom stereocenters. The summed E-state index contributed by atoms with van der Waals surface area (Å²) in [7, 11) is 0. The summed E-state index contributed by atoms with van der Waals surface area (Å²) in [4.78, 5) is 0. The van der Waals surface area contributed by atoms with Crippen LogP contribution in [0.4, 0.5) is 0 Å². The Morgan fingerprint density at radius 1 is 0.720 bits per heavy atom. The molecule has 25 heavy (non-hydrogen) atoms. The summed E-state index contributed by atoms with van der Waals surface area (Å²) in [6.07, 6.45) is 1.95. The molecule has 0 aliphatic carbocycles. The second-order valence-electron chi connectivity index (χ2n) is 5.41. The molecule has 138 valence electrons. The summed E-state index contributed by atoms with van der Waals surface area (Å²) < 4.78 is 17.1. The third kappa shape index (κ3) is 8.66.